The Labute approximate surface area is 120 Å². The molecule has 2 heterocycles. The van der Waals surface area contributed by atoms with Crippen LogP contribution in [0.5, 0.6) is 0 Å². The van der Waals surface area contributed by atoms with Gasteiger partial charge in [-0.05, 0) is 29.6 Å². The zero-order chi connectivity index (χ0) is 14.1. The van der Waals surface area contributed by atoms with Crippen LogP contribution in [0.1, 0.15) is 5.56 Å². The summed E-state index contributed by atoms with van der Waals surface area (Å²) in [5, 5.41) is 5.80. The van der Waals surface area contributed by atoms with Gasteiger partial charge in [0.2, 0.25) is 0 Å². The lowest BCUT2D eigenvalue weighted by Crippen LogP contribution is -2.37. The van der Waals surface area contributed by atoms with E-state index in [4.69, 9.17) is 0 Å². The number of para-hydroxylation sites is 1. The third kappa shape index (κ3) is 1.43. The highest BCUT2D eigenvalue weighted by molar-refractivity contribution is 6.90. The highest BCUT2D eigenvalue weighted by Gasteiger charge is 2.24. The van der Waals surface area contributed by atoms with E-state index in [0.29, 0.717) is 0 Å². The van der Waals surface area contributed by atoms with Gasteiger partial charge in [0.25, 0.3) is 0 Å². The molecule has 4 rings (SSSR count). The fourth-order valence-corrected chi connectivity index (χ4v) is 4.89. The SMILES string of the molecule is Cc1ccc2c(c1)c1cccc3c([Si](C)(C)C)cn2c31. The number of fused-ring (bicyclic) bond motifs is 3. The van der Waals surface area contributed by atoms with Crippen LogP contribution in [0.15, 0.2) is 42.6 Å². The van der Waals surface area contributed by atoms with E-state index in [-0.39, 0.29) is 0 Å². The van der Waals surface area contributed by atoms with E-state index in [1.807, 2.05) is 0 Å². The maximum Gasteiger partial charge on any atom is 0.0804 e. The third-order valence-corrected chi connectivity index (χ3v) is 6.35. The van der Waals surface area contributed by atoms with E-state index in [2.05, 4.69) is 73.6 Å². The Morgan fingerprint density at radius 3 is 2.40 bits per heavy atom. The van der Waals surface area contributed by atoms with Gasteiger partial charge >= 0.3 is 0 Å². The van der Waals surface area contributed by atoms with Gasteiger partial charge in [-0.3, -0.25) is 0 Å². The second-order valence-corrected chi connectivity index (χ2v) is 11.9. The summed E-state index contributed by atoms with van der Waals surface area (Å²) in [6, 6.07) is 13.6. The predicted octanol–water partition coefficient (Wildman–Crippen LogP) is 4.54. The van der Waals surface area contributed by atoms with Crippen molar-refractivity contribution in [3.05, 3.63) is 48.2 Å². The Morgan fingerprint density at radius 2 is 1.65 bits per heavy atom. The van der Waals surface area contributed by atoms with Gasteiger partial charge in [0, 0.05) is 17.0 Å². The summed E-state index contributed by atoms with van der Waals surface area (Å²) in [5.74, 6) is 0. The maximum absolute atomic E-state index is 2.43. The first kappa shape index (κ1) is 12.0. The van der Waals surface area contributed by atoms with Crippen molar-refractivity contribution in [2.75, 3.05) is 0 Å². The van der Waals surface area contributed by atoms with E-state index in [0.717, 1.165) is 0 Å². The van der Waals surface area contributed by atoms with Crippen LogP contribution in [0.25, 0.3) is 27.2 Å². The molecule has 0 atom stereocenters. The van der Waals surface area contributed by atoms with Crippen molar-refractivity contribution in [2.24, 2.45) is 0 Å². The van der Waals surface area contributed by atoms with E-state index < -0.39 is 8.07 Å². The second-order valence-electron chi connectivity index (χ2n) is 6.89. The van der Waals surface area contributed by atoms with Crippen LogP contribution in [-0.4, -0.2) is 12.5 Å². The first-order valence-electron chi connectivity index (χ1n) is 7.23. The van der Waals surface area contributed by atoms with Crippen LogP contribution < -0.4 is 5.19 Å². The summed E-state index contributed by atoms with van der Waals surface area (Å²) in [6.45, 7) is 9.45. The van der Waals surface area contributed by atoms with Crippen molar-refractivity contribution < 1.29 is 0 Å². The van der Waals surface area contributed by atoms with Gasteiger partial charge in [-0.1, -0.05) is 49.5 Å². The Balaban J connectivity index is 2.29. The largest absolute Gasteiger partial charge is 0.315 e. The summed E-state index contributed by atoms with van der Waals surface area (Å²) < 4.78 is 2.41. The number of benzene rings is 2. The Morgan fingerprint density at radius 1 is 0.900 bits per heavy atom. The summed E-state index contributed by atoms with van der Waals surface area (Å²) in [4.78, 5) is 0. The smallest absolute Gasteiger partial charge is 0.0804 e. The molecule has 0 aliphatic rings. The van der Waals surface area contributed by atoms with Gasteiger partial charge in [-0.25, -0.2) is 0 Å². The first-order chi connectivity index (χ1) is 9.47. The van der Waals surface area contributed by atoms with Gasteiger partial charge in [-0.2, -0.15) is 0 Å². The fourth-order valence-electron chi connectivity index (χ4n) is 3.36. The molecular weight excluding hydrogens is 258 g/mol. The monoisotopic (exact) mass is 277 g/mol. The number of aryl methyl sites for hydroxylation is 1. The van der Waals surface area contributed by atoms with Crippen molar-refractivity contribution in [3.63, 3.8) is 0 Å². The maximum atomic E-state index is 2.43. The van der Waals surface area contributed by atoms with Gasteiger partial charge < -0.3 is 4.40 Å². The molecule has 0 bridgehead atoms. The topological polar surface area (TPSA) is 4.41 Å². The van der Waals surface area contributed by atoms with Gasteiger partial charge in [0.1, 0.15) is 0 Å². The summed E-state index contributed by atoms with van der Waals surface area (Å²) in [7, 11) is -1.32. The quantitative estimate of drug-likeness (QED) is 0.450. The fraction of sp³-hybridized carbons (Fsp3) is 0.222. The molecule has 0 unspecified atom stereocenters. The molecule has 0 N–H and O–H groups in total. The van der Waals surface area contributed by atoms with Gasteiger partial charge in [-0.15, -0.1) is 0 Å². The van der Waals surface area contributed by atoms with Crippen molar-refractivity contribution in [2.45, 2.75) is 26.6 Å². The molecular formula is C18H19NSi. The molecule has 100 valence electrons. The number of aromatic nitrogens is 1. The lowest BCUT2D eigenvalue weighted by molar-refractivity contribution is 1.30. The van der Waals surface area contributed by atoms with Crippen LogP contribution in [0.2, 0.25) is 19.6 Å². The van der Waals surface area contributed by atoms with Crippen LogP contribution in [0.3, 0.4) is 0 Å². The highest BCUT2D eigenvalue weighted by atomic mass is 28.3. The van der Waals surface area contributed by atoms with Gasteiger partial charge in [0.05, 0.1) is 19.1 Å². The predicted molar refractivity (Wildman–Crippen MR) is 91.3 cm³/mol. The molecule has 0 saturated carbocycles. The molecule has 0 aliphatic heterocycles. The number of hydrogen-bond donors (Lipinski definition) is 0. The number of rotatable bonds is 1. The molecule has 4 aromatic rings. The molecule has 1 nitrogen and oxygen atoms in total. The average molecular weight is 277 g/mol. The lowest BCUT2D eigenvalue weighted by atomic mass is 10.1. The van der Waals surface area contributed by atoms with Gasteiger partial charge in [0.15, 0.2) is 0 Å². The zero-order valence-corrected chi connectivity index (χ0v) is 13.5. The molecule has 0 radical (unpaired) electrons. The second kappa shape index (κ2) is 3.64. The molecule has 0 amide bonds. The Kier molecular flexibility index (Phi) is 2.18. The molecule has 20 heavy (non-hydrogen) atoms. The molecule has 0 spiro atoms. The van der Waals surface area contributed by atoms with E-state index in [9.17, 15) is 0 Å². The van der Waals surface area contributed by atoms with E-state index >= 15 is 0 Å². The van der Waals surface area contributed by atoms with Crippen molar-refractivity contribution >= 4 is 40.5 Å². The lowest BCUT2D eigenvalue weighted by Gasteiger charge is -2.14. The minimum Gasteiger partial charge on any atom is -0.315 e. The van der Waals surface area contributed by atoms with Crippen molar-refractivity contribution in [1.29, 1.82) is 0 Å². The minimum absolute atomic E-state index is 1.32. The molecule has 2 aromatic carbocycles. The van der Waals surface area contributed by atoms with E-state index in [1.54, 1.807) is 5.19 Å². The number of hydrogen-bond acceptors (Lipinski definition) is 0. The standard InChI is InChI=1S/C18H19NSi/c1-12-8-9-16-15(10-12)13-6-5-7-14-17(20(2,3)4)11-19(16)18(13)14/h5-11H,1-4H3. The third-order valence-electron chi connectivity index (χ3n) is 4.34. The summed E-state index contributed by atoms with van der Waals surface area (Å²) in [6.07, 6.45) is 2.39. The molecule has 2 aromatic heterocycles. The highest BCUT2D eigenvalue weighted by Crippen LogP contribution is 2.33. The normalized spacial score (nSPS) is 13.0. The van der Waals surface area contributed by atoms with Crippen LogP contribution in [-0.2, 0) is 0 Å². The first-order valence-corrected chi connectivity index (χ1v) is 10.7. The van der Waals surface area contributed by atoms with Crippen molar-refractivity contribution in [1.82, 2.24) is 4.40 Å². The molecule has 0 fully saturated rings. The molecule has 0 saturated heterocycles. The molecule has 2 heteroatoms. The molecule has 0 aliphatic carbocycles. The average Bonchev–Trinajstić information content (AvgIpc) is 2.91. The van der Waals surface area contributed by atoms with E-state index in [1.165, 1.54) is 32.8 Å². The summed E-state index contributed by atoms with van der Waals surface area (Å²) >= 11 is 0. The Hall–Kier alpha value is -1.80. The minimum atomic E-state index is -1.32. The van der Waals surface area contributed by atoms with Crippen molar-refractivity contribution in [3.8, 4) is 0 Å². The summed E-state index contributed by atoms with van der Waals surface area (Å²) in [5.41, 5.74) is 4.08. The Bertz CT molecular complexity index is 941. The van der Waals surface area contributed by atoms with Crippen LogP contribution in [0, 0.1) is 6.92 Å². The zero-order valence-electron chi connectivity index (χ0n) is 12.5. The van der Waals surface area contributed by atoms with Crippen LogP contribution >= 0.6 is 0 Å². The van der Waals surface area contributed by atoms with Crippen LogP contribution in [0.4, 0.5) is 0 Å². The number of nitrogens with zero attached hydrogens (tertiary/aromatic N) is 1.